The Balaban J connectivity index is 1.81. The Morgan fingerprint density at radius 3 is 2.60 bits per heavy atom. The van der Waals surface area contributed by atoms with Crippen molar-refractivity contribution in [2.24, 2.45) is 5.84 Å². The Morgan fingerprint density at radius 2 is 2.00 bits per heavy atom. The first-order chi connectivity index (χ1) is 9.67. The number of hydrogen-bond donors (Lipinski definition) is 3. The zero-order valence-electron chi connectivity index (χ0n) is 11.6. The second-order valence-electron chi connectivity index (χ2n) is 5.06. The molecule has 1 saturated carbocycles. The molecule has 0 amide bonds. The van der Waals surface area contributed by atoms with Crippen molar-refractivity contribution in [3.63, 3.8) is 0 Å². The summed E-state index contributed by atoms with van der Waals surface area (Å²) in [5.41, 5.74) is 4.64. The summed E-state index contributed by atoms with van der Waals surface area (Å²) in [6.07, 6.45) is 2.33. The minimum absolute atomic E-state index is 0.491. The van der Waals surface area contributed by atoms with Gasteiger partial charge < -0.3 is 10.7 Å². The highest BCUT2D eigenvalue weighted by atomic mass is 32.1. The number of hydrazine groups is 1. The Kier molecular flexibility index (Phi) is 3.54. The predicted octanol–water partition coefficient (Wildman–Crippen LogP) is 2.33. The molecule has 0 unspecified atom stereocenters. The number of rotatable bonds is 5. The van der Waals surface area contributed by atoms with Gasteiger partial charge in [0.15, 0.2) is 0 Å². The molecule has 4 N–H and O–H groups in total. The van der Waals surface area contributed by atoms with E-state index in [1.165, 1.54) is 0 Å². The summed E-state index contributed by atoms with van der Waals surface area (Å²) in [6, 6.07) is 0. The van der Waals surface area contributed by atoms with Gasteiger partial charge in [0, 0.05) is 22.6 Å². The van der Waals surface area contributed by atoms with Crippen LogP contribution in [0.25, 0.3) is 0 Å². The molecule has 0 bridgehead atoms. The fourth-order valence-electron chi connectivity index (χ4n) is 2.01. The maximum atomic E-state index is 5.54. The number of aryl methyl sites for hydroxylation is 1. The maximum Gasteiger partial charge on any atom is 0.148 e. The summed E-state index contributed by atoms with van der Waals surface area (Å²) in [7, 11) is 0. The van der Waals surface area contributed by atoms with Crippen LogP contribution in [0, 0.1) is 13.8 Å². The van der Waals surface area contributed by atoms with E-state index in [1.54, 1.807) is 11.3 Å². The Morgan fingerprint density at radius 1 is 1.25 bits per heavy atom. The van der Waals surface area contributed by atoms with Crippen molar-refractivity contribution in [1.82, 2.24) is 15.0 Å². The van der Waals surface area contributed by atoms with Gasteiger partial charge in [0.1, 0.15) is 22.5 Å². The number of nitrogens with one attached hydrogen (secondary N) is 2. The van der Waals surface area contributed by atoms with Gasteiger partial charge in [-0.1, -0.05) is 0 Å². The van der Waals surface area contributed by atoms with Crippen LogP contribution in [0.15, 0.2) is 5.38 Å². The van der Waals surface area contributed by atoms with Gasteiger partial charge in [-0.15, -0.1) is 11.3 Å². The van der Waals surface area contributed by atoms with E-state index in [1.807, 2.05) is 19.2 Å². The number of aromatic nitrogens is 3. The molecular weight excluding hydrogens is 272 g/mol. The first-order valence-electron chi connectivity index (χ1n) is 6.67. The molecule has 1 fully saturated rings. The molecule has 0 aromatic carbocycles. The van der Waals surface area contributed by atoms with Crippen molar-refractivity contribution < 1.29 is 0 Å². The van der Waals surface area contributed by atoms with Gasteiger partial charge in [0.25, 0.3) is 0 Å². The molecule has 2 heterocycles. The molecule has 1 aliphatic rings. The summed E-state index contributed by atoms with van der Waals surface area (Å²) >= 11 is 1.65. The lowest BCUT2D eigenvalue weighted by Gasteiger charge is -2.12. The lowest BCUT2D eigenvalue weighted by atomic mass is 10.3. The van der Waals surface area contributed by atoms with E-state index in [-0.39, 0.29) is 0 Å². The largest absolute Gasteiger partial charge is 0.363 e. The molecule has 0 aliphatic heterocycles. The van der Waals surface area contributed by atoms with Gasteiger partial charge in [-0.2, -0.15) is 0 Å². The van der Waals surface area contributed by atoms with Crippen molar-refractivity contribution >= 4 is 23.0 Å². The smallest absolute Gasteiger partial charge is 0.148 e. The maximum absolute atomic E-state index is 5.54. The molecule has 20 heavy (non-hydrogen) atoms. The number of nitrogens with two attached hydrogens (primary N) is 1. The summed E-state index contributed by atoms with van der Waals surface area (Å²) in [4.78, 5) is 13.5. The molecule has 0 saturated heterocycles. The highest BCUT2D eigenvalue weighted by Gasteiger charge is 2.28. The summed E-state index contributed by atoms with van der Waals surface area (Å²) in [5, 5.41) is 6.44. The molecule has 0 spiro atoms. The van der Waals surface area contributed by atoms with Crippen LogP contribution in [0.1, 0.15) is 40.8 Å². The van der Waals surface area contributed by atoms with E-state index in [0.717, 1.165) is 40.7 Å². The number of anilines is 2. The summed E-state index contributed by atoms with van der Waals surface area (Å²) in [6.45, 7) is 4.63. The van der Waals surface area contributed by atoms with Crippen LogP contribution in [0.5, 0.6) is 0 Å². The molecule has 1 aliphatic carbocycles. The molecular formula is C13H18N6S. The third-order valence-electron chi connectivity index (χ3n) is 3.32. The monoisotopic (exact) mass is 290 g/mol. The molecule has 7 heteroatoms. The number of thiazole rings is 1. The van der Waals surface area contributed by atoms with E-state index in [4.69, 9.17) is 5.84 Å². The van der Waals surface area contributed by atoms with Crippen LogP contribution >= 0.6 is 11.3 Å². The van der Waals surface area contributed by atoms with Gasteiger partial charge in [-0.25, -0.2) is 20.8 Å². The van der Waals surface area contributed by atoms with Crippen molar-refractivity contribution in [2.75, 3.05) is 10.7 Å². The van der Waals surface area contributed by atoms with Crippen LogP contribution in [0.3, 0.4) is 0 Å². The molecule has 3 rings (SSSR count). The zero-order valence-corrected chi connectivity index (χ0v) is 12.4. The fraction of sp³-hybridized carbons (Fsp3) is 0.462. The van der Waals surface area contributed by atoms with E-state index < -0.39 is 0 Å². The Labute approximate surface area is 121 Å². The average Bonchev–Trinajstić information content (AvgIpc) is 3.21. The summed E-state index contributed by atoms with van der Waals surface area (Å²) in [5.74, 6) is 8.44. The first kappa shape index (κ1) is 13.3. The summed E-state index contributed by atoms with van der Waals surface area (Å²) < 4.78 is 0. The molecule has 0 atom stereocenters. The van der Waals surface area contributed by atoms with E-state index in [0.29, 0.717) is 18.3 Å². The third kappa shape index (κ3) is 2.73. The van der Waals surface area contributed by atoms with Crippen LogP contribution in [-0.2, 0) is 6.54 Å². The van der Waals surface area contributed by atoms with Gasteiger partial charge in [0.05, 0.1) is 6.54 Å². The van der Waals surface area contributed by atoms with Crippen molar-refractivity contribution in [2.45, 2.75) is 39.2 Å². The van der Waals surface area contributed by atoms with Crippen LogP contribution < -0.4 is 16.6 Å². The molecule has 106 valence electrons. The lowest BCUT2D eigenvalue weighted by Crippen LogP contribution is -2.14. The SMILES string of the molecule is Cc1csc(CNc2nc(C3CC3)nc(NN)c2C)n1. The topological polar surface area (TPSA) is 88.8 Å². The quantitative estimate of drug-likeness (QED) is 0.578. The Hall–Kier alpha value is -1.73. The normalized spacial score (nSPS) is 14.3. The van der Waals surface area contributed by atoms with E-state index in [2.05, 4.69) is 25.7 Å². The predicted molar refractivity (Wildman–Crippen MR) is 80.7 cm³/mol. The number of hydrogen-bond acceptors (Lipinski definition) is 7. The second-order valence-corrected chi connectivity index (χ2v) is 6.00. The highest BCUT2D eigenvalue weighted by Crippen LogP contribution is 2.39. The van der Waals surface area contributed by atoms with Gasteiger partial charge in [0.2, 0.25) is 0 Å². The van der Waals surface area contributed by atoms with Gasteiger partial charge in [-0.05, 0) is 26.7 Å². The molecule has 2 aromatic rings. The van der Waals surface area contributed by atoms with Gasteiger partial charge in [-0.3, -0.25) is 0 Å². The van der Waals surface area contributed by atoms with Crippen molar-refractivity contribution in [3.8, 4) is 0 Å². The fourth-order valence-corrected chi connectivity index (χ4v) is 2.73. The van der Waals surface area contributed by atoms with Crippen molar-refractivity contribution in [1.29, 1.82) is 0 Å². The molecule has 0 radical (unpaired) electrons. The number of nitrogens with zero attached hydrogens (tertiary/aromatic N) is 3. The Bertz CT molecular complexity index is 619. The average molecular weight is 290 g/mol. The van der Waals surface area contributed by atoms with Crippen LogP contribution in [0.4, 0.5) is 11.6 Å². The van der Waals surface area contributed by atoms with E-state index in [9.17, 15) is 0 Å². The zero-order chi connectivity index (χ0) is 14.1. The lowest BCUT2D eigenvalue weighted by molar-refractivity contribution is 0.909. The number of nitrogen functional groups attached to an aromatic ring is 1. The third-order valence-corrected chi connectivity index (χ3v) is 4.28. The first-order valence-corrected chi connectivity index (χ1v) is 7.55. The molecule has 2 aromatic heterocycles. The van der Waals surface area contributed by atoms with Crippen molar-refractivity contribution in [3.05, 3.63) is 27.5 Å². The minimum atomic E-state index is 0.491. The van der Waals surface area contributed by atoms with Crippen LogP contribution in [-0.4, -0.2) is 15.0 Å². The van der Waals surface area contributed by atoms with Crippen LogP contribution in [0.2, 0.25) is 0 Å². The highest BCUT2D eigenvalue weighted by molar-refractivity contribution is 7.09. The molecule has 6 nitrogen and oxygen atoms in total. The van der Waals surface area contributed by atoms with Gasteiger partial charge >= 0.3 is 0 Å². The second kappa shape index (κ2) is 5.34. The van der Waals surface area contributed by atoms with E-state index >= 15 is 0 Å². The minimum Gasteiger partial charge on any atom is -0.363 e. The standard InChI is InChI=1S/C13H18N6S/c1-7-6-20-10(16-7)5-15-11-8(2)12(19-14)18-13(17-11)9-3-4-9/h6,9H,3-5,14H2,1-2H3,(H2,15,17,18,19).